The molecule has 2 heterocycles. The molecule has 0 aliphatic carbocycles. The van der Waals surface area contributed by atoms with Gasteiger partial charge in [-0.3, -0.25) is 14.9 Å². The van der Waals surface area contributed by atoms with E-state index in [1.54, 1.807) is 6.20 Å². The summed E-state index contributed by atoms with van der Waals surface area (Å²) in [6.45, 7) is -0.346. The molecule has 0 unspecified atom stereocenters. The Morgan fingerprint density at radius 1 is 1.53 bits per heavy atom. The normalized spacial score (nSPS) is 10.1. The van der Waals surface area contributed by atoms with Crippen LogP contribution in [0, 0.1) is 0 Å². The van der Waals surface area contributed by atoms with Gasteiger partial charge < -0.3 is 10.1 Å². The number of aliphatic carboxylic acids is 1. The molecule has 0 radical (unpaired) electrons. The van der Waals surface area contributed by atoms with Crippen LogP contribution in [0.5, 0.6) is 0 Å². The molecule has 88 valence electrons. The topological polar surface area (TPSA) is 126 Å². The number of carboxylic acid groups (broad SMARTS) is 1. The van der Waals surface area contributed by atoms with Crippen LogP contribution in [0.2, 0.25) is 0 Å². The number of aromatic nitrogens is 5. The van der Waals surface area contributed by atoms with Gasteiger partial charge in [-0.1, -0.05) is 5.21 Å². The first-order chi connectivity index (χ1) is 8.15. The van der Waals surface area contributed by atoms with Gasteiger partial charge in [-0.15, -0.1) is 5.10 Å². The van der Waals surface area contributed by atoms with E-state index in [1.807, 2.05) is 0 Å². The quantitative estimate of drug-likeness (QED) is 0.646. The Balaban J connectivity index is 2.04. The highest BCUT2D eigenvalue weighted by atomic mass is 16.4. The lowest BCUT2D eigenvalue weighted by molar-refractivity contribution is -0.137. The number of hydrogen-bond acceptors (Lipinski definition) is 5. The van der Waals surface area contributed by atoms with Gasteiger partial charge in [0.1, 0.15) is 6.54 Å². The van der Waals surface area contributed by atoms with E-state index in [0.29, 0.717) is 0 Å². The summed E-state index contributed by atoms with van der Waals surface area (Å²) in [5, 5.41) is 18.0. The van der Waals surface area contributed by atoms with Gasteiger partial charge in [0, 0.05) is 12.4 Å². The Bertz CT molecular complexity index is 531. The van der Waals surface area contributed by atoms with Gasteiger partial charge in [-0.25, -0.2) is 9.67 Å². The van der Waals surface area contributed by atoms with Crippen molar-refractivity contribution >= 4 is 17.8 Å². The number of rotatable bonds is 4. The van der Waals surface area contributed by atoms with Crippen LogP contribution in [0.4, 0.5) is 5.95 Å². The number of carboxylic acids is 1. The van der Waals surface area contributed by atoms with E-state index in [2.05, 4.69) is 25.6 Å². The molecule has 17 heavy (non-hydrogen) atoms. The average Bonchev–Trinajstić information content (AvgIpc) is 2.87. The van der Waals surface area contributed by atoms with E-state index in [9.17, 15) is 9.59 Å². The van der Waals surface area contributed by atoms with Gasteiger partial charge in [-0.05, 0) is 0 Å². The van der Waals surface area contributed by atoms with Crippen LogP contribution in [0.3, 0.4) is 0 Å². The van der Waals surface area contributed by atoms with Crippen LogP contribution in [0.25, 0.3) is 0 Å². The molecule has 0 spiro atoms. The lowest BCUT2D eigenvalue weighted by Gasteiger charge is -1.96. The Morgan fingerprint density at radius 3 is 3.00 bits per heavy atom. The predicted molar refractivity (Wildman–Crippen MR) is 54.2 cm³/mol. The fourth-order valence-corrected chi connectivity index (χ4v) is 1.12. The minimum Gasteiger partial charge on any atom is -0.480 e. The fraction of sp³-hybridized carbons (Fsp3) is 0.125. The van der Waals surface area contributed by atoms with Crippen LogP contribution in [0.15, 0.2) is 18.6 Å². The van der Waals surface area contributed by atoms with Crippen molar-refractivity contribution in [3.05, 3.63) is 24.3 Å². The molecular weight excluding hydrogens is 228 g/mol. The number of imidazole rings is 1. The summed E-state index contributed by atoms with van der Waals surface area (Å²) in [5.74, 6) is -1.30. The lowest BCUT2D eigenvalue weighted by atomic mass is 10.4. The summed E-state index contributed by atoms with van der Waals surface area (Å²) in [4.78, 5) is 28.5. The zero-order valence-electron chi connectivity index (χ0n) is 8.49. The molecule has 0 fully saturated rings. The second-order valence-corrected chi connectivity index (χ2v) is 3.09. The summed E-state index contributed by atoms with van der Waals surface area (Å²) in [7, 11) is 0. The number of amides is 1. The lowest BCUT2D eigenvalue weighted by Crippen LogP contribution is -2.13. The molecule has 3 N–H and O–H groups in total. The van der Waals surface area contributed by atoms with Crippen molar-refractivity contribution in [3.8, 4) is 0 Å². The number of nitrogens with zero attached hydrogens (tertiary/aromatic N) is 4. The molecule has 0 aliphatic heterocycles. The van der Waals surface area contributed by atoms with Crippen molar-refractivity contribution in [1.82, 2.24) is 25.0 Å². The molecule has 0 saturated heterocycles. The van der Waals surface area contributed by atoms with Gasteiger partial charge in [-0.2, -0.15) is 0 Å². The van der Waals surface area contributed by atoms with Crippen LogP contribution >= 0.6 is 0 Å². The summed E-state index contributed by atoms with van der Waals surface area (Å²) < 4.78 is 1.05. The maximum atomic E-state index is 11.6. The Morgan fingerprint density at radius 2 is 2.35 bits per heavy atom. The van der Waals surface area contributed by atoms with Crippen LogP contribution in [-0.2, 0) is 11.3 Å². The van der Waals surface area contributed by atoms with Gasteiger partial charge in [0.2, 0.25) is 5.95 Å². The number of H-pyrrole nitrogens is 1. The molecule has 1 amide bonds. The molecule has 9 nitrogen and oxygen atoms in total. The summed E-state index contributed by atoms with van der Waals surface area (Å²) in [5.41, 5.74) is 0.0163. The molecule has 0 aromatic carbocycles. The smallest absolute Gasteiger partial charge is 0.325 e. The number of carbonyl (C=O) groups is 2. The van der Waals surface area contributed by atoms with Crippen molar-refractivity contribution in [1.29, 1.82) is 0 Å². The third kappa shape index (κ3) is 2.65. The number of hydrogen-bond donors (Lipinski definition) is 3. The average molecular weight is 236 g/mol. The number of anilines is 1. The number of nitrogens with one attached hydrogen (secondary N) is 2. The van der Waals surface area contributed by atoms with Crippen molar-refractivity contribution in [2.45, 2.75) is 6.54 Å². The zero-order chi connectivity index (χ0) is 12.3. The molecular formula is C8H8N6O3. The summed E-state index contributed by atoms with van der Waals surface area (Å²) in [6, 6.07) is 0. The predicted octanol–water partition coefficient (Wildman–Crippen LogP) is -0.662. The first-order valence-corrected chi connectivity index (χ1v) is 4.58. The minimum atomic E-state index is -1.06. The van der Waals surface area contributed by atoms with Crippen molar-refractivity contribution in [3.63, 3.8) is 0 Å². The molecule has 2 rings (SSSR count). The second-order valence-electron chi connectivity index (χ2n) is 3.09. The number of aromatic amines is 1. The van der Waals surface area contributed by atoms with Crippen molar-refractivity contribution in [2.75, 3.05) is 5.32 Å². The van der Waals surface area contributed by atoms with Gasteiger partial charge in [0.15, 0.2) is 5.69 Å². The SMILES string of the molecule is O=C(O)Cn1cc(C(=O)Nc2ncc[nH]2)nn1. The number of carbonyl (C=O) groups excluding carboxylic acids is 1. The van der Waals surface area contributed by atoms with Gasteiger partial charge >= 0.3 is 5.97 Å². The third-order valence-electron chi connectivity index (χ3n) is 1.80. The highest BCUT2D eigenvalue weighted by Gasteiger charge is 2.12. The van der Waals surface area contributed by atoms with Crippen molar-refractivity contribution in [2.24, 2.45) is 0 Å². The molecule has 2 aromatic rings. The van der Waals surface area contributed by atoms with Gasteiger partial charge in [0.25, 0.3) is 5.91 Å². The van der Waals surface area contributed by atoms with E-state index in [-0.39, 0.29) is 18.2 Å². The van der Waals surface area contributed by atoms with E-state index < -0.39 is 11.9 Å². The highest BCUT2D eigenvalue weighted by molar-refractivity contribution is 6.01. The molecule has 9 heteroatoms. The van der Waals surface area contributed by atoms with Crippen molar-refractivity contribution < 1.29 is 14.7 Å². The Kier molecular flexibility index (Phi) is 2.81. The molecule has 0 atom stereocenters. The summed E-state index contributed by atoms with van der Waals surface area (Å²) in [6.07, 6.45) is 4.28. The standard InChI is InChI=1S/C8H8N6O3/c15-6(16)4-14-3-5(12-13-14)7(17)11-8-9-1-2-10-8/h1-3H,4H2,(H,15,16)(H2,9,10,11,17). The largest absolute Gasteiger partial charge is 0.480 e. The van der Waals surface area contributed by atoms with E-state index in [1.165, 1.54) is 12.4 Å². The first-order valence-electron chi connectivity index (χ1n) is 4.58. The summed E-state index contributed by atoms with van der Waals surface area (Å²) >= 11 is 0. The van der Waals surface area contributed by atoms with E-state index >= 15 is 0 Å². The third-order valence-corrected chi connectivity index (χ3v) is 1.80. The van der Waals surface area contributed by atoms with Crippen LogP contribution in [0.1, 0.15) is 10.5 Å². The monoisotopic (exact) mass is 236 g/mol. The molecule has 0 aliphatic rings. The molecule has 2 aromatic heterocycles. The Hall–Kier alpha value is -2.71. The maximum Gasteiger partial charge on any atom is 0.325 e. The van der Waals surface area contributed by atoms with Gasteiger partial charge in [0.05, 0.1) is 6.20 Å². The van der Waals surface area contributed by atoms with E-state index in [4.69, 9.17) is 5.11 Å². The fourth-order valence-electron chi connectivity index (χ4n) is 1.12. The minimum absolute atomic E-state index is 0.0163. The first kappa shape index (κ1) is 10.8. The van der Waals surface area contributed by atoms with Crippen LogP contribution < -0.4 is 5.32 Å². The maximum absolute atomic E-state index is 11.6. The van der Waals surface area contributed by atoms with Crippen LogP contribution in [-0.4, -0.2) is 41.9 Å². The zero-order valence-corrected chi connectivity index (χ0v) is 8.49. The Labute approximate surface area is 94.5 Å². The molecule has 0 bridgehead atoms. The van der Waals surface area contributed by atoms with E-state index in [0.717, 1.165) is 4.68 Å². The second kappa shape index (κ2) is 4.43. The molecule has 0 saturated carbocycles. The highest BCUT2D eigenvalue weighted by Crippen LogP contribution is 2.00.